The summed E-state index contributed by atoms with van der Waals surface area (Å²) >= 11 is 0. The van der Waals surface area contributed by atoms with Crippen LogP contribution in [0, 0.1) is 5.41 Å². The van der Waals surface area contributed by atoms with E-state index in [0.717, 1.165) is 39.0 Å². The molecule has 0 aliphatic carbocycles. The average molecular weight is 228 g/mol. The Morgan fingerprint density at radius 3 is 2.38 bits per heavy atom. The van der Waals surface area contributed by atoms with E-state index in [0.29, 0.717) is 11.5 Å². The summed E-state index contributed by atoms with van der Waals surface area (Å²) < 4.78 is 0. The molecule has 3 nitrogen and oxygen atoms in total. The van der Waals surface area contributed by atoms with Gasteiger partial charge in [0.2, 0.25) is 0 Å². The van der Waals surface area contributed by atoms with Crippen molar-refractivity contribution in [3.05, 3.63) is 0 Å². The van der Waals surface area contributed by atoms with Gasteiger partial charge in [0, 0.05) is 32.2 Å². The van der Waals surface area contributed by atoms with Crippen molar-refractivity contribution in [1.82, 2.24) is 10.2 Å². The molecule has 0 aromatic heterocycles. The highest BCUT2D eigenvalue weighted by atomic mass is 16.3. The van der Waals surface area contributed by atoms with Crippen molar-refractivity contribution < 1.29 is 5.11 Å². The maximum absolute atomic E-state index is 9.46. The van der Waals surface area contributed by atoms with Crippen LogP contribution in [0.1, 0.15) is 40.5 Å². The molecule has 1 rings (SSSR count). The lowest BCUT2D eigenvalue weighted by molar-refractivity contribution is 0.0628. The van der Waals surface area contributed by atoms with E-state index in [-0.39, 0.29) is 6.10 Å². The number of piperidine rings is 1. The van der Waals surface area contributed by atoms with Gasteiger partial charge in [-0.2, -0.15) is 0 Å². The van der Waals surface area contributed by atoms with Crippen molar-refractivity contribution in [2.75, 3.05) is 26.2 Å². The van der Waals surface area contributed by atoms with Crippen molar-refractivity contribution in [3.8, 4) is 0 Å². The van der Waals surface area contributed by atoms with E-state index >= 15 is 0 Å². The summed E-state index contributed by atoms with van der Waals surface area (Å²) in [5, 5.41) is 13.0. The summed E-state index contributed by atoms with van der Waals surface area (Å²) in [6, 6.07) is 0.558. The first-order chi connectivity index (χ1) is 7.39. The summed E-state index contributed by atoms with van der Waals surface area (Å²) in [6.07, 6.45) is 1.81. The number of likely N-dealkylation sites (tertiary alicyclic amines) is 1. The van der Waals surface area contributed by atoms with E-state index in [1.807, 2.05) is 0 Å². The lowest BCUT2D eigenvalue weighted by atomic mass is 9.91. The van der Waals surface area contributed by atoms with Gasteiger partial charge in [-0.3, -0.25) is 0 Å². The van der Waals surface area contributed by atoms with Crippen LogP contribution < -0.4 is 5.32 Å². The molecule has 0 amide bonds. The molecular weight excluding hydrogens is 200 g/mol. The zero-order chi connectivity index (χ0) is 12.2. The van der Waals surface area contributed by atoms with Crippen molar-refractivity contribution >= 4 is 0 Å². The average Bonchev–Trinajstić information content (AvgIpc) is 2.19. The van der Waals surface area contributed by atoms with Gasteiger partial charge in [0.15, 0.2) is 0 Å². The van der Waals surface area contributed by atoms with Gasteiger partial charge < -0.3 is 15.3 Å². The van der Waals surface area contributed by atoms with Crippen molar-refractivity contribution in [2.45, 2.75) is 52.7 Å². The molecule has 16 heavy (non-hydrogen) atoms. The highest BCUT2D eigenvalue weighted by molar-refractivity contribution is 4.80. The van der Waals surface area contributed by atoms with Gasteiger partial charge in [-0.1, -0.05) is 27.7 Å². The van der Waals surface area contributed by atoms with Gasteiger partial charge in [-0.15, -0.1) is 0 Å². The van der Waals surface area contributed by atoms with E-state index in [9.17, 15) is 5.11 Å². The van der Waals surface area contributed by atoms with E-state index in [2.05, 4.69) is 37.9 Å². The molecule has 0 saturated carbocycles. The second kappa shape index (κ2) is 5.99. The molecule has 0 radical (unpaired) electrons. The molecular formula is C13H28N2O. The van der Waals surface area contributed by atoms with Crippen LogP contribution in [0.2, 0.25) is 0 Å². The van der Waals surface area contributed by atoms with Crippen LogP contribution >= 0.6 is 0 Å². The number of hydrogen-bond acceptors (Lipinski definition) is 3. The third-order valence-electron chi connectivity index (χ3n) is 3.20. The first kappa shape index (κ1) is 13.9. The van der Waals surface area contributed by atoms with Crippen LogP contribution in [0.25, 0.3) is 0 Å². The molecule has 1 fully saturated rings. The van der Waals surface area contributed by atoms with Crippen LogP contribution in [0.15, 0.2) is 0 Å². The Labute approximate surface area is 100 Å². The fraction of sp³-hybridized carbons (Fsp3) is 1.00. The SMILES string of the molecule is CC(C)NCC(C)(C)CN1CCC(O)CC1. The van der Waals surface area contributed by atoms with Gasteiger partial charge in [-0.05, 0) is 18.3 Å². The lowest BCUT2D eigenvalue weighted by Crippen LogP contribution is -2.45. The molecule has 0 bridgehead atoms. The topological polar surface area (TPSA) is 35.5 Å². The van der Waals surface area contributed by atoms with Crippen LogP contribution in [0.4, 0.5) is 0 Å². The third kappa shape index (κ3) is 5.28. The third-order valence-corrected chi connectivity index (χ3v) is 3.20. The lowest BCUT2D eigenvalue weighted by Gasteiger charge is -2.36. The Balaban J connectivity index is 2.28. The number of rotatable bonds is 5. The van der Waals surface area contributed by atoms with Crippen LogP contribution in [0.5, 0.6) is 0 Å². The van der Waals surface area contributed by atoms with E-state index < -0.39 is 0 Å². The van der Waals surface area contributed by atoms with E-state index in [4.69, 9.17) is 0 Å². The Kier molecular flexibility index (Phi) is 5.22. The molecule has 96 valence electrons. The Bertz CT molecular complexity index is 196. The second-order valence-corrected chi connectivity index (χ2v) is 6.21. The molecule has 0 spiro atoms. The maximum atomic E-state index is 9.46. The first-order valence-corrected chi connectivity index (χ1v) is 6.53. The van der Waals surface area contributed by atoms with E-state index in [1.165, 1.54) is 0 Å². The summed E-state index contributed by atoms with van der Waals surface area (Å²) in [5.41, 5.74) is 0.312. The number of aliphatic hydroxyl groups excluding tert-OH is 1. The summed E-state index contributed by atoms with van der Waals surface area (Å²) in [7, 11) is 0. The molecule has 0 atom stereocenters. The van der Waals surface area contributed by atoms with Gasteiger partial charge in [0.05, 0.1) is 6.10 Å². The molecule has 0 aromatic rings. The quantitative estimate of drug-likeness (QED) is 0.748. The molecule has 2 N–H and O–H groups in total. The highest BCUT2D eigenvalue weighted by Crippen LogP contribution is 2.19. The van der Waals surface area contributed by atoms with Crippen LogP contribution in [-0.4, -0.2) is 48.3 Å². The zero-order valence-corrected chi connectivity index (χ0v) is 11.3. The molecule has 1 aliphatic heterocycles. The van der Waals surface area contributed by atoms with Crippen molar-refractivity contribution in [2.24, 2.45) is 5.41 Å². The van der Waals surface area contributed by atoms with E-state index in [1.54, 1.807) is 0 Å². The van der Waals surface area contributed by atoms with Gasteiger partial charge >= 0.3 is 0 Å². The number of aliphatic hydroxyl groups is 1. The monoisotopic (exact) mass is 228 g/mol. The summed E-state index contributed by atoms with van der Waals surface area (Å²) in [6.45, 7) is 13.3. The highest BCUT2D eigenvalue weighted by Gasteiger charge is 2.24. The summed E-state index contributed by atoms with van der Waals surface area (Å²) in [5.74, 6) is 0. The van der Waals surface area contributed by atoms with Gasteiger partial charge in [0.1, 0.15) is 0 Å². The predicted octanol–water partition coefficient (Wildman–Crippen LogP) is 1.47. The second-order valence-electron chi connectivity index (χ2n) is 6.21. The first-order valence-electron chi connectivity index (χ1n) is 6.53. The minimum Gasteiger partial charge on any atom is -0.393 e. The number of nitrogens with zero attached hydrogens (tertiary/aromatic N) is 1. The minimum atomic E-state index is -0.0619. The number of hydrogen-bond donors (Lipinski definition) is 2. The molecule has 1 aliphatic rings. The molecule has 0 unspecified atom stereocenters. The normalized spacial score (nSPS) is 20.6. The van der Waals surface area contributed by atoms with Gasteiger partial charge in [0.25, 0.3) is 0 Å². The Morgan fingerprint density at radius 1 is 1.31 bits per heavy atom. The van der Waals surface area contributed by atoms with Crippen molar-refractivity contribution in [3.63, 3.8) is 0 Å². The maximum Gasteiger partial charge on any atom is 0.0564 e. The molecule has 3 heteroatoms. The Morgan fingerprint density at radius 2 is 1.88 bits per heavy atom. The van der Waals surface area contributed by atoms with Gasteiger partial charge in [-0.25, -0.2) is 0 Å². The smallest absolute Gasteiger partial charge is 0.0564 e. The van der Waals surface area contributed by atoms with Crippen LogP contribution in [0.3, 0.4) is 0 Å². The minimum absolute atomic E-state index is 0.0619. The standard InChI is InChI=1S/C13H28N2O/c1-11(2)14-9-13(3,4)10-15-7-5-12(16)6-8-15/h11-12,14,16H,5-10H2,1-4H3. The molecule has 0 aromatic carbocycles. The fourth-order valence-electron chi connectivity index (χ4n) is 2.22. The number of nitrogens with one attached hydrogen (secondary N) is 1. The van der Waals surface area contributed by atoms with Crippen LogP contribution in [-0.2, 0) is 0 Å². The largest absolute Gasteiger partial charge is 0.393 e. The summed E-state index contributed by atoms with van der Waals surface area (Å²) in [4.78, 5) is 2.48. The molecule has 1 saturated heterocycles. The zero-order valence-electron chi connectivity index (χ0n) is 11.3. The predicted molar refractivity (Wildman–Crippen MR) is 68.6 cm³/mol. The Hall–Kier alpha value is -0.120. The van der Waals surface area contributed by atoms with Crippen molar-refractivity contribution in [1.29, 1.82) is 0 Å². The fourth-order valence-corrected chi connectivity index (χ4v) is 2.22. The molecule has 1 heterocycles.